The minimum Gasteiger partial charge on any atom is -0.480 e. The second kappa shape index (κ2) is 4.55. The van der Waals surface area contributed by atoms with Gasteiger partial charge in [-0.05, 0) is 6.07 Å². The number of fused-ring (bicyclic) bond motifs is 1. The molecule has 0 aliphatic rings. The molecule has 3 rings (SSSR count). The summed E-state index contributed by atoms with van der Waals surface area (Å²) < 4.78 is 6.77. The molecular formula is C14H10N4O2. The molecule has 0 aliphatic heterocycles. The van der Waals surface area contributed by atoms with Gasteiger partial charge in [0.25, 0.3) is 5.95 Å². The number of rotatable bonds is 2. The van der Waals surface area contributed by atoms with Crippen LogP contribution >= 0.6 is 0 Å². The molecule has 1 N–H and O–H groups in total. The number of nitrogens with zero attached hydrogens (tertiary/aromatic N) is 4. The van der Waals surface area contributed by atoms with Crippen molar-refractivity contribution in [1.29, 1.82) is 5.26 Å². The summed E-state index contributed by atoms with van der Waals surface area (Å²) in [6.45, 7) is 0. The van der Waals surface area contributed by atoms with Gasteiger partial charge in [0.05, 0.1) is 17.8 Å². The monoisotopic (exact) mass is 266 g/mol. The number of nitriles is 1. The van der Waals surface area contributed by atoms with Crippen molar-refractivity contribution in [1.82, 2.24) is 9.78 Å². The Bertz CT molecular complexity index is 852. The van der Waals surface area contributed by atoms with E-state index in [-0.39, 0.29) is 5.95 Å². The fraction of sp³-hybridized carbons (Fsp3) is 0.0714. The highest BCUT2D eigenvalue weighted by Crippen LogP contribution is 2.30. The van der Waals surface area contributed by atoms with Crippen LogP contribution in [0.25, 0.3) is 10.8 Å². The zero-order valence-electron chi connectivity index (χ0n) is 10.6. The van der Waals surface area contributed by atoms with Crippen molar-refractivity contribution < 1.29 is 9.52 Å². The first-order valence-corrected chi connectivity index (χ1v) is 5.87. The molecule has 0 bridgehead atoms. The summed E-state index contributed by atoms with van der Waals surface area (Å²) in [5.41, 5.74) is 0.379. The number of aryl methyl sites for hydroxylation is 1. The van der Waals surface area contributed by atoms with E-state index in [1.54, 1.807) is 13.1 Å². The van der Waals surface area contributed by atoms with Crippen LogP contribution in [-0.2, 0) is 7.05 Å². The predicted octanol–water partition coefficient (Wildman–Crippen LogP) is 2.49. The second-order valence-electron chi connectivity index (χ2n) is 4.19. The van der Waals surface area contributed by atoms with Gasteiger partial charge in [0.2, 0.25) is 0 Å². The summed E-state index contributed by atoms with van der Waals surface area (Å²) in [6, 6.07) is 9.27. The highest BCUT2D eigenvalue weighted by atomic mass is 16.5. The summed E-state index contributed by atoms with van der Waals surface area (Å²) >= 11 is 0. The number of aliphatic imine (C=N–C) groups is 1. The second-order valence-corrected chi connectivity index (χ2v) is 4.19. The number of hydrogen-bond donors (Lipinski definition) is 1. The van der Waals surface area contributed by atoms with Crippen LogP contribution in [0.1, 0.15) is 11.3 Å². The third-order valence-corrected chi connectivity index (χ3v) is 2.96. The topological polar surface area (TPSA) is 87.3 Å². The number of aromatic nitrogens is 2. The van der Waals surface area contributed by atoms with Crippen LogP contribution in [0.5, 0.6) is 5.95 Å². The maximum atomic E-state index is 9.71. The van der Waals surface area contributed by atoms with Gasteiger partial charge in [-0.15, -0.1) is 0 Å². The van der Waals surface area contributed by atoms with E-state index in [4.69, 9.17) is 9.68 Å². The van der Waals surface area contributed by atoms with Crippen LogP contribution in [0.2, 0.25) is 0 Å². The highest BCUT2D eigenvalue weighted by Gasteiger charge is 2.11. The Morgan fingerprint density at radius 3 is 2.90 bits per heavy atom. The van der Waals surface area contributed by atoms with Gasteiger partial charge in [-0.2, -0.15) is 10.4 Å². The Balaban J connectivity index is 2.08. The summed E-state index contributed by atoms with van der Waals surface area (Å²) in [5, 5.41) is 24.0. The third-order valence-electron chi connectivity index (χ3n) is 2.96. The molecule has 1 aromatic carbocycles. The summed E-state index contributed by atoms with van der Waals surface area (Å²) in [4.78, 5) is 4.22. The Kier molecular flexibility index (Phi) is 2.73. The maximum absolute atomic E-state index is 9.71. The van der Waals surface area contributed by atoms with Crippen LogP contribution in [0.4, 0.5) is 5.82 Å². The number of benzene rings is 1. The normalized spacial score (nSPS) is 11.2. The minimum absolute atomic E-state index is 0.146. The van der Waals surface area contributed by atoms with E-state index in [1.165, 1.54) is 17.1 Å². The van der Waals surface area contributed by atoms with Gasteiger partial charge < -0.3 is 9.52 Å². The largest absolute Gasteiger partial charge is 0.480 e. The fourth-order valence-corrected chi connectivity index (χ4v) is 1.98. The van der Waals surface area contributed by atoms with Crippen molar-refractivity contribution in [2.24, 2.45) is 12.0 Å². The van der Waals surface area contributed by atoms with Gasteiger partial charge in [-0.3, -0.25) is 0 Å². The van der Waals surface area contributed by atoms with Crippen molar-refractivity contribution in [2.45, 2.75) is 0 Å². The van der Waals surface area contributed by atoms with E-state index >= 15 is 0 Å². The molecule has 20 heavy (non-hydrogen) atoms. The van der Waals surface area contributed by atoms with Crippen LogP contribution < -0.4 is 0 Å². The van der Waals surface area contributed by atoms with Crippen molar-refractivity contribution in [3.05, 3.63) is 41.8 Å². The molecule has 6 heteroatoms. The molecule has 2 heterocycles. The first-order chi connectivity index (χ1) is 9.70. The molecule has 0 amide bonds. The first-order valence-electron chi connectivity index (χ1n) is 5.87. The number of furan rings is 1. The quantitative estimate of drug-likeness (QED) is 0.722. The van der Waals surface area contributed by atoms with E-state index in [1.807, 2.05) is 24.3 Å². The SMILES string of the molecule is Cn1ncc(C#N)c1/N=C/c1oc(O)c2ccccc12. The van der Waals surface area contributed by atoms with E-state index in [9.17, 15) is 5.11 Å². The Morgan fingerprint density at radius 1 is 1.40 bits per heavy atom. The molecule has 0 atom stereocenters. The van der Waals surface area contributed by atoms with Crippen LogP contribution in [-0.4, -0.2) is 21.1 Å². The molecule has 0 aliphatic carbocycles. The lowest BCUT2D eigenvalue weighted by atomic mass is 10.2. The minimum atomic E-state index is -0.146. The lowest BCUT2D eigenvalue weighted by Gasteiger charge is -1.94. The average molecular weight is 266 g/mol. The smallest absolute Gasteiger partial charge is 0.290 e. The summed E-state index contributed by atoms with van der Waals surface area (Å²) in [6.07, 6.45) is 2.92. The molecule has 0 unspecified atom stereocenters. The molecule has 0 saturated carbocycles. The Morgan fingerprint density at radius 2 is 2.15 bits per heavy atom. The van der Waals surface area contributed by atoms with Gasteiger partial charge in [-0.1, -0.05) is 18.2 Å². The summed E-state index contributed by atoms with van der Waals surface area (Å²) in [5.74, 6) is 0.725. The van der Waals surface area contributed by atoms with E-state index in [2.05, 4.69) is 10.1 Å². The molecule has 0 radical (unpaired) electrons. The fourth-order valence-electron chi connectivity index (χ4n) is 1.98. The molecule has 0 fully saturated rings. The molecule has 0 spiro atoms. The van der Waals surface area contributed by atoms with Gasteiger partial charge in [-0.25, -0.2) is 9.67 Å². The zero-order valence-corrected chi connectivity index (χ0v) is 10.6. The standard InChI is InChI=1S/C14H10N4O2/c1-18-13(9(6-15)7-17-18)16-8-12-10-4-2-3-5-11(10)14(19)20-12/h2-5,7-8,19H,1H3/b16-8+. The highest BCUT2D eigenvalue weighted by molar-refractivity contribution is 6.00. The lowest BCUT2D eigenvalue weighted by Crippen LogP contribution is -1.89. The van der Waals surface area contributed by atoms with Gasteiger partial charge in [0.1, 0.15) is 11.6 Å². The molecule has 0 saturated heterocycles. The van der Waals surface area contributed by atoms with E-state index in [0.717, 1.165) is 5.39 Å². The van der Waals surface area contributed by atoms with Gasteiger partial charge >= 0.3 is 0 Å². The average Bonchev–Trinajstić information content (AvgIpc) is 2.98. The van der Waals surface area contributed by atoms with Crippen molar-refractivity contribution in [3.8, 4) is 12.0 Å². The van der Waals surface area contributed by atoms with Crippen LogP contribution in [0, 0.1) is 11.3 Å². The molecule has 2 aromatic heterocycles. The van der Waals surface area contributed by atoms with Gasteiger partial charge in [0, 0.05) is 12.4 Å². The predicted molar refractivity (Wildman–Crippen MR) is 73.1 cm³/mol. The molecule has 3 aromatic rings. The van der Waals surface area contributed by atoms with Crippen molar-refractivity contribution in [3.63, 3.8) is 0 Å². The molecule has 98 valence electrons. The third kappa shape index (κ3) is 1.82. The molecule has 6 nitrogen and oxygen atoms in total. The Hall–Kier alpha value is -3.07. The number of hydrogen-bond acceptors (Lipinski definition) is 5. The van der Waals surface area contributed by atoms with Crippen molar-refractivity contribution in [2.75, 3.05) is 0 Å². The van der Waals surface area contributed by atoms with E-state index in [0.29, 0.717) is 22.5 Å². The van der Waals surface area contributed by atoms with Crippen LogP contribution in [0.15, 0.2) is 39.9 Å². The van der Waals surface area contributed by atoms with Gasteiger partial charge in [0.15, 0.2) is 11.6 Å². The Labute approximate surface area is 114 Å². The lowest BCUT2D eigenvalue weighted by molar-refractivity contribution is 0.336. The first kappa shape index (κ1) is 12.0. The van der Waals surface area contributed by atoms with Crippen molar-refractivity contribution >= 4 is 22.8 Å². The van der Waals surface area contributed by atoms with Crippen LogP contribution in [0.3, 0.4) is 0 Å². The molecular weight excluding hydrogens is 256 g/mol. The summed E-state index contributed by atoms with van der Waals surface area (Å²) in [7, 11) is 1.70. The zero-order chi connectivity index (χ0) is 14.1. The number of aromatic hydroxyl groups is 1. The maximum Gasteiger partial charge on any atom is 0.290 e. The van der Waals surface area contributed by atoms with E-state index < -0.39 is 0 Å².